The van der Waals surface area contributed by atoms with Crippen LogP contribution in [-0.4, -0.2) is 63.4 Å². The number of likely N-dealkylation sites (tertiary alicyclic amines) is 1. The molecule has 2 aromatic carbocycles. The molecular formula is C30H36N6O5. The van der Waals surface area contributed by atoms with E-state index in [4.69, 9.17) is 14.2 Å². The third-order valence-corrected chi connectivity index (χ3v) is 7.10. The maximum Gasteiger partial charge on any atom is 0.410 e. The van der Waals surface area contributed by atoms with Crippen LogP contribution in [0.2, 0.25) is 0 Å². The van der Waals surface area contributed by atoms with Gasteiger partial charge in [-0.05, 0) is 51.8 Å². The van der Waals surface area contributed by atoms with Crippen molar-refractivity contribution in [2.45, 2.75) is 51.8 Å². The molecule has 1 N–H and O–H groups in total. The van der Waals surface area contributed by atoms with Crippen molar-refractivity contribution in [2.75, 3.05) is 32.2 Å². The third kappa shape index (κ3) is 6.29. The topological polar surface area (TPSA) is 115 Å². The van der Waals surface area contributed by atoms with Crippen LogP contribution in [0.5, 0.6) is 11.5 Å². The molecule has 41 heavy (non-hydrogen) atoms. The Labute approximate surface area is 238 Å². The average Bonchev–Trinajstić information content (AvgIpc) is 3.48. The third-order valence-electron chi connectivity index (χ3n) is 7.10. The van der Waals surface area contributed by atoms with Gasteiger partial charge in [-0.3, -0.25) is 9.36 Å². The molecule has 1 aliphatic rings. The molecule has 0 radical (unpaired) electrons. The number of carbonyl (C=O) groups excluding carboxylic acids is 1. The number of piperidine rings is 1. The van der Waals surface area contributed by atoms with E-state index in [1.165, 1.54) is 0 Å². The highest BCUT2D eigenvalue weighted by Gasteiger charge is 2.28. The average molecular weight is 561 g/mol. The Hall–Kier alpha value is -4.54. The zero-order valence-corrected chi connectivity index (χ0v) is 24.1. The number of anilines is 2. The number of hydrogen-bond acceptors (Lipinski definition) is 8. The normalized spacial score (nSPS) is 14.2. The number of amides is 1. The molecule has 1 amide bonds. The number of nitrogens with one attached hydrogen (secondary N) is 1. The molecule has 5 rings (SSSR count). The second kappa shape index (κ2) is 11.5. The molecule has 3 heterocycles. The minimum atomic E-state index is -0.550. The minimum absolute atomic E-state index is 0.0661. The number of H-pyrrole nitrogens is 1. The van der Waals surface area contributed by atoms with E-state index < -0.39 is 5.60 Å². The molecule has 0 spiro atoms. The van der Waals surface area contributed by atoms with Crippen LogP contribution in [0.4, 0.5) is 16.2 Å². The van der Waals surface area contributed by atoms with E-state index in [2.05, 4.69) is 15.0 Å². The number of carbonyl (C=O) groups is 1. The Balaban J connectivity index is 1.47. The highest BCUT2D eigenvalue weighted by atomic mass is 16.6. The van der Waals surface area contributed by atoms with Gasteiger partial charge in [0.1, 0.15) is 22.9 Å². The van der Waals surface area contributed by atoms with Crippen LogP contribution < -0.4 is 19.9 Å². The summed E-state index contributed by atoms with van der Waals surface area (Å²) in [7, 11) is 3.22. The highest BCUT2D eigenvalue weighted by molar-refractivity contribution is 5.83. The van der Waals surface area contributed by atoms with Gasteiger partial charge in [-0.1, -0.05) is 0 Å². The van der Waals surface area contributed by atoms with Crippen molar-refractivity contribution < 1.29 is 19.0 Å². The van der Waals surface area contributed by atoms with Gasteiger partial charge in [0.15, 0.2) is 0 Å². The first-order valence-corrected chi connectivity index (χ1v) is 13.6. The fraction of sp³-hybridized carbons (Fsp3) is 0.400. The lowest BCUT2D eigenvalue weighted by Crippen LogP contribution is -2.43. The molecule has 1 saturated heterocycles. The van der Waals surface area contributed by atoms with Crippen molar-refractivity contribution in [3.05, 3.63) is 71.3 Å². The number of benzene rings is 2. The molecule has 0 atom stereocenters. The van der Waals surface area contributed by atoms with Crippen LogP contribution in [0.1, 0.15) is 45.5 Å². The number of hydrogen-bond donors (Lipinski definition) is 1. The van der Waals surface area contributed by atoms with E-state index in [9.17, 15) is 9.59 Å². The van der Waals surface area contributed by atoms with Crippen molar-refractivity contribution in [3.8, 4) is 11.5 Å². The number of nitrogens with zero attached hydrogens (tertiary/aromatic N) is 5. The van der Waals surface area contributed by atoms with Crippen LogP contribution in [0.3, 0.4) is 0 Å². The lowest BCUT2D eigenvalue weighted by atomic mass is 10.0. The van der Waals surface area contributed by atoms with Gasteiger partial charge in [0.05, 0.1) is 38.0 Å². The monoisotopic (exact) mass is 560 g/mol. The molecule has 216 valence electrons. The highest BCUT2D eigenvalue weighted by Crippen LogP contribution is 2.35. The molecule has 11 heteroatoms. The second-order valence-corrected chi connectivity index (χ2v) is 11.0. The van der Waals surface area contributed by atoms with Gasteiger partial charge < -0.3 is 29.0 Å². The number of aromatic amines is 1. The predicted molar refractivity (Wildman–Crippen MR) is 156 cm³/mol. The van der Waals surface area contributed by atoms with E-state index >= 15 is 0 Å². The maximum atomic E-state index is 13.8. The molecule has 1 fully saturated rings. The standard InChI is InChI=1S/C30H36N6O5/c1-30(2,3)41-29(38)34-12-8-20(9-13-34)36-19-33-26-7-6-21(16-25(26)28(36)37)35(18-27-31-10-11-32-27)22-14-23(39-4)17-24(15-22)40-5/h6-7,10-11,14-17,19-20H,8-9,12-13,18H2,1-5H3,(H,31,32). The molecule has 4 aromatic rings. The number of imidazole rings is 1. The summed E-state index contributed by atoms with van der Waals surface area (Å²) in [6.07, 6.45) is 6.05. The molecule has 11 nitrogen and oxygen atoms in total. The smallest absolute Gasteiger partial charge is 0.410 e. The second-order valence-electron chi connectivity index (χ2n) is 11.0. The Morgan fingerprint density at radius 1 is 1.02 bits per heavy atom. The number of fused-ring (bicyclic) bond motifs is 1. The van der Waals surface area contributed by atoms with Crippen LogP contribution >= 0.6 is 0 Å². The number of ether oxygens (including phenoxy) is 3. The van der Waals surface area contributed by atoms with Gasteiger partial charge in [-0.15, -0.1) is 0 Å². The molecular weight excluding hydrogens is 524 g/mol. The first-order valence-electron chi connectivity index (χ1n) is 13.6. The van der Waals surface area contributed by atoms with Gasteiger partial charge in [-0.2, -0.15) is 0 Å². The Morgan fingerprint density at radius 3 is 2.34 bits per heavy atom. The minimum Gasteiger partial charge on any atom is -0.497 e. The lowest BCUT2D eigenvalue weighted by Gasteiger charge is -2.34. The molecule has 0 unspecified atom stereocenters. The van der Waals surface area contributed by atoms with Crippen molar-refractivity contribution in [2.24, 2.45) is 0 Å². The number of aromatic nitrogens is 4. The first-order chi connectivity index (χ1) is 19.6. The van der Waals surface area contributed by atoms with Gasteiger partial charge >= 0.3 is 6.09 Å². The maximum absolute atomic E-state index is 13.8. The molecule has 0 bridgehead atoms. The van der Waals surface area contributed by atoms with Gasteiger partial charge in [0, 0.05) is 61.1 Å². The Bertz CT molecular complexity index is 1550. The van der Waals surface area contributed by atoms with Crippen molar-refractivity contribution in [3.63, 3.8) is 0 Å². The largest absolute Gasteiger partial charge is 0.497 e. The molecule has 0 saturated carbocycles. The molecule has 0 aliphatic carbocycles. The Morgan fingerprint density at radius 2 is 1.73 bits per heavy atom. The summed E-state index contributed by atoms with van der Waals surface area (Å²) in [5.74, 6) is 2.05. The zero-order chi connectivity index (χ0) is 29.1. The quantitative estimate of drug-likeness (QED) is 0.334. The van der Waals surface area contributed by atoms with Crippen LogP contribution in [-0.2, 0) is 11.3 Å². The van der Waals surface area contributed by atoms with Crippen molar-refractivity contribution in [1.29, 1.82) is 0 Å². The Kier molecular flexibility index (Phi) is 7.87. The fourth-order valence-corrected chi connectivity index (χ4v) is 5.02. The van der Waals surface area contributed by atoms with Gasteiger partial charge in [0.2, 0.25) is 0 Å². The number of rotatable bonds is 7. The van der Waals surface area contributed by atoms with Gasteiger partial charge in [0.25, 0.3) is 5.56 Å². The summed E-state index contributed by atoms with van der Waals surface area (Å²) >= 11 is 0. The molecule has 2 aromatic heterocycles. The fourth-order valence-electron chi connectivity index (χ4n) is 5.02. The van der Waals surface area contributed by atoms with Crippen molar-refractivity contribution >= 4 is 28.4 Å². The summed E-state index contributed by atoms with van der Waals surface area (Å²) in [5, 5.41) is 0.513. The number of methoxy groups -OCH3 is 2. The predicted octanol–water partition coefficient (Wildman–Crippen LogP) is 5.05. The molecule has 1 aliphatic heterocycles. The SMILES string of the molecule is COc1cc(OC)cc(N(Cc2ncc[nH]2)c2ccc3ncn(C4CCN(C(=O)OC(C)(C)C)CC4)c(=O)c3c2)c1. The lowest BCUT2D eigenvalue weighted by molar-refractivity contribution is 0.0187. The van der Waals surface area contributed by atoms with Gasteiger partial charge in [-0.25, -0.2) is 14.8 Å². The summed E-state index contributed by atoms with van der Waals surface area (Å²) in [6, 6.07) is 11.2. The van der Waals surface area contributed by atoms with E-state index in [0.29, 0.717) is 54.9 Å². The summed E-state index contributed by atoms with van der Waals surface area (Å²) in [4.78, 5) is 42.2. The first kappa shape index (κ1) is 28.0. The summed E-state index contributed by atoms with van der Waals surface area (Å²) in [5.41, 5.74) is 1.55. The van der Waals surface area contributed by atoms with E-state index in [1.807, 2.05) is 62.1 Å². The van der Waals surface area contributed by atoms with Crippen LogP contribution in [0.25, 0.3) is 10.9 Å². The van der Waals surface area contributed by atoms with E-state index in [1.54, 1.807) is 42.4 Å². The van der Waals surface area contributed by atoms with E-state index in [-0.39, 0.29) is 17.7 Å². The van der Waals surface area contributed by atoms with Crippen LogP contribution in [0, 0.1) is 0 Å². The summed E-state index contributed by atoms with van der Waals surface area (Å²) in [6.45, 7) is 7.01. The van der Waals surface area contributed by atoms with E-state index in [0.717, 1.165) is 17.2 Å². The summed E-state index contributed by atoms with van der Waals surface area (Å²) < 4.78 is 18.2. The van der Waals surface area contributed by atoms with Crippen molar-refractivity contribution in [1.82, 2.24) is 24.4 Å². The van der Waals surface area contributed by atoms with Crippen LogP contribution in [0.15, 0.2) is 59.9 Å². The zero-order valence-electron chi connectivity index (χ0n) is 24.1.